The van der Waals surface area contributed by atoms with E-state index in [0.29, 0.717) is 18.7 Å². The molecular weight excluding hydrogens is 498 g/mol. The van der Waals surface area contributed by atoms with Crippen LogP contribution in [-0.4, -0.2) is 59.0 Å². The molecule has 1 rings (SSSR count). The quantitative estimate of drug-likeness (QED) is 0.217. The number of hydrogen-bond donors (Lipinski definition) is 2. The van der Waals surface area contributed by atoms with Gasteiger partial charge < -0.3 is 20.3 Å². The molecule has 1 aromatic carbocycles. The Labute approximate surface area is 235 Å². The third-order valence-electron chi connectivity index (χ3n) is 6.17. The van der Waals surface area contributed by atoms with E-state index in [1.165, 1.54) is 0 Å². The van der Waals surface area contributed by atoms with Crippen molar-refractivity contribution < 1.29 is 19.1 Å². The smallest absolute Gasteiger partial charge is 0.408 e. The Balaban J connectivity index is 3.38. The molecule has 2 N–H and O–H groups in total. The van der Waals surface area contributed by atoms with Crippen LogP contribution in [0.3, 0.4) is 0 Å². The van der Waals surface area contributed by atoms with Gasteiger partial charge in [0.25, 0.3) is 0 Å². The topological polar surface area (TPSA) is 87.7 Å². The van der Waals surface area contributed by atoms with Crippen LogP contribution in [0.5, 0.6) is 0 Å². The van der Waals surface area contributed by atoms with Gasteiger partial charge in [-0.05, 0) is 64.5 Å². The lowest BCUT2D eigenvalue weighted by atomic mass is 10.0. The maximum Gasteiger partial charge on any atom is 0.408 e. The largest absolute Gasteiger partial charge is 0.444 e. The second kappa shape index (κ2) is 18.1. The van der Waals surface area contributed by atoms with E-state index in [0.717, 1.165) is 50.5 Å². The predicted octanol–water partition coefficient (Wildman–Crippen LogP) is 6.48. The fourth-order valence-electron chi connectivity index (χ4n) is 4.33. The number of alkyl carbamates (subject to hydrolysis) is 1. The molecule has 3 unspecified atom stereocenters. The number of carbonyl (C=O) groups excluding carboxylic acids is 3. The molecule has 0 aliphatic carbocycles. The molecule has 0 bridgehead atoms. The van der Waals surface area contributed by atoms with Crippen LogP contribution in [-0.2, 0) is 14.3 Å². The van der Waals surface area contributed by atoms with Crippen molar-refractivity contribution >= 4 is 29.7 Å². The van der Waals surface area contributed by atoms with Crippen LogP contribution in [0.4, 0.5) is 4.79 Å². The predicted molar refractivity (Wildman–Crippen MR) is 158 cm³/mol. The Morgan fingerprint density at radius 3 is 2.18 bits per heavy atom. The number of thioether (sulfide) groups is 1. The number of benzene rings is 1. The highest BCUT2D eigenvalue weighted by Gasteiger charge is 2.36. The molecular formula is C30H51N3O4S. The van der Waals surface area contributed by atoms with E-state index in [1.807, 2.05) is 43.5 Å². The molecule has 216 valence electrons. The highest BCUT2D eigenvalue weighted by Crippen LogP contribution is 2.25. The molecule has 0 saturated carbocycles. The molecule has 8 heteroatoms. The van der Waals surface area contributed by atoms with Crippen molar-refractivity contribution in [3.8, 4) is 0 Å². The fraction of sp³-hybridized carbons (Fsp3) is 0.700. The summed E-state index contributed by atoms with van der Waals surface area (Å²) in [4.78, 5) is 42.3. The van der Waals surface area contributed by atoms with Crippen molar-refractivity contribution in [3.05, 3.63) is 35.9 Å². The van der Waals surface area contributed by atoms with E-state index in [4.69, 9.17) is 4.74 Å². The SMILES string of the molecule is CCCCCCCN(C(=O)C(CCSC)NC(=O)OC(C)(C)C)C(C(=O)NC(C)CCC)c1ccccc1. The minimum absolute atomic E-state index is 0.00704. The molecule has 0 aliphatic rings. The first-order chi connectivity index (χ1) is 18.0. The summed E-state index contributed by atoms with van der Waals surface area (Å²) in [6.45, 7) is 12.1. The lowest BCUT2D eigenvalue weighted by Gasteiger charge is -2.35. The molecule has 0 fully saturated rings. The van der Waals surface area contributed by atoms with Crippen LogP contribution < -0.4 is 10.6 Å². The van der Waals surface area contributed by atoms with Gasteiger partial charge in [-0.3, -0.25) is 9.59 Å². The summed E-state index contributed by atoms with van der Waals surface area (Å²) in [7, 11) is 0. The van der Waals surface area contributed by atoms with Crippen molar-refractivity contribution in [2.75, 3.05) is 18.6 Å². The molecule has 0 radical (unpaired) electrons. The van der Waals surface area contributed by atoms with Crippen molar-refractivity contribution in [1.29, 1.82) is 0 Å². The first-order valence-electron chi connectivity index (χ1n) is 14.2. The summed E-state index contributed by atoms with van der Waals surface area (Å²) in [5, 5.41) is 5.94. The average Bonchev–Trinajstić information content (AvgIpc) is 2.84. The number of rotatable bonds is 17. The zero-order valence-electron chi connectivity index (χ0n) is 24.7. The van der Waals surface area contributed by atoms with Crippen LogP contribution >= 0.6 is 11.8 Å². The number of hydrogen-bond acceptors (Lipinski definition) is 5. The molecule has 3 atom stereocenters. The van der Waals surface area contributed by atoms with Gasteiger partial charge in [-0.1, -0.05) is 76.3 Å². The number of nitrogens with one attached hydrogen (secondary N) is 2. The van der Waals surface area contributed by atoms with Gasteiger partial charge in [-0.2, -0.15) is 11.8 Å². The summed E-state index contributed by atoms with van der Waals surface area (Å²) in [5.74, 6) is 0.235. The molecule has 0 spiro atoms. The van der Waals surface area contributed by atoms with Crippen LogP contribution in [0.1, 0.15) is 105 Å². The Morgan fingerprint density at radius 1 is 0.947 bits per heavy atom. The third-order valence-corrected chi connectivity index (χ3v) is 6.81. The highest BCUT2D eigenvalue weighted by atomic mass is 32.2. The molecule has 3 amide bonds. The molecule has 0 aliphatic heterocycles. The van der Waals surface area contributed by atoms with Gasteiger partial charge in [-0.15, -0.1) is 0 Å². The second-order valence-corrected chi connectivity index (χ2v) is 11.9. The Bertz CT molecular complexity index is 829. The van der Waals surface area contributed by atoms with E-state index < -0.39 is 23.8 Å². The van der Waals surface area contributed by atoms with E-state index in [2.05, 4.69) is 24.5 Å². The lowest BCUT2D eigenvalue weighted by Crippen LogP contribution is -2.54. The van der Waals surface area contributed by atoms with Crippen molar-refractivity contribution in [2.24, 2.45) is 0 Å². The van der Waals surface area contributed by atoms with E-state index in [9.17, 15) is 14.4 Å². The van der Waals surface area contributed by atoms with Crippen molar-refractivity contribution in [3.63, 3.8) is 0 Å². The van der Waals surface area contributed by atoms with Gasteiger partial charge in [0.1, 0.15) is 17.7 Å². The summed E-state index contributed by atoms with van der Waals surface area (Å²) < 4.78 is 5.47. The van der Waals surface area contributed by atoms with Crippen LogP contribution in [0.2, 0.25) is 0 Å². The van der Waals surface area contributed by atoms with Crippen LogP contribution in [0.15, 0.2) is 30.3 Å². The molecule has 1 aromatic rings. The number of unbranched alkanes of at least 4 members (excludes halogenated alkanes) is 4. The summed E-state index contributed by atoms with van der Waals surface area (Å²) in [6, 6.07) is 7.88. The van der Waals surface area contributed by atoms with Gasteiger partial charge in [0.2, 0.25) is 11.8 Å². The minimum Gasteiger partial charge on any atom is -0.444 e. The van der Waals surface area contributed by atoms with Gasteiger partial charge >= 0.3 is 6.09 Å². The Morgan fingerprint density at radius 2 is 1.61 bits per heavy atom. The molecule has 0 saturated heterocycles. The minimum atomic E-state index is -0.792. The molecule has 0 heterocycles. The molecule has 7 nitrogen and oxygen atoms in total. The van der Waals surface area contributed by atoms with E-state index in [1.54, 1.807) is 37.4 Å². The Kier molecular flexibility index (Phi) is 16.1. The zero-order chi connectivity index (χ0) is 28.6. The van der Waals surface area contributed by atoms with Gasteiger partial charge in [0, 0.05) is 12.6 Å². The number of ether oxygens (including phenoxy) is 1. The van der Waals surface area contributed by atoms with Gasteiger partial charge in [0.15, 0.2) is 0 Å². The van der Waals surface area contributed by atoms with Gasteiger partial charge in [-0.25, -0.2) is 4.79 Å². The normalized spacial score (nSPS) is 13.8. The molecule has 38 heavy (non-hydrogen) atoms. The van der Waals surface area contributed by atoms with E-state index >= 15 is 0 Å². The maximum atomic E-state index is 14.2. The number of amides is 3. The summed E-state index contributed by atoms with van der Waals surface area (Å²) in [6.07, 6.45) is 8.71. The van der Waals surface area contributed by atoms with Crippen LogP contribution in [0.25, 0.3) is 0 Å². The monoisotopic (exact) mass is 549 g/mol. The van der Waals surface area contributed by atoms with Gasteiger partial charge in [0.05, 0.1) is 0 Å². The van der Waals surface area contributed by atoms with E-state index in [-0.39, 0.29) is 17.9 Å². The highest BCUT2D eigenvalue weighted by molar-refractivity contribution is 7.98. The third kappa shape index (κ3) is 13.0. The lowest BCUT2D eigenvalue weighted by molar-refractivity contribution is -0.143. The molecule has 0 aromatic heterocycles. The van der Waals surface area contributed by atoms with Crippen molar-refractivity contribution in [1.82, 2.24) is 15.5 Å². The zero-order valence-corrected chi connectivity index (χ0v) is 25.5. The number of nitrogens with zero attached hydrogens (tertiary/aromatic N) is 1. The number of carbonyl (C=O) groups is 3. The summed E-state index contributed by atoms with van der Waals surface area (Å²) >= 11 is 1.61. The maximum absolute atomic E-state index is 14.2. The fourth-order valence-corrected chi connectivity index (χ4v) is 4.80. The first kappa shape index (κ1) is 33.8. The van der Waals surface area contributed by atoms with Crippen molar-refractivity contribution in [2.45, 2.75) is 117 Å². The second-order valence-electron chi connectivity index (χ2n) is 10.9. The summed E-state index contributed by atoms with van der Waals surface area (Å²) in [5.41, 5.74) is 0.0781. The Hall–Kier alpha value is -2.22. The average molecular weight is 550 g/mol. The standard InChI is InChI=1S/C30H51N3O4S/c1-8-10-11-12-16-21-33(28(35)25(20-22-38-7)32-29(36)37-30(4,5)6)26(24-18-14-13-15-19-24)27(34)31-23(3)17-9-2/h13-15,18-19,23,25-26H,8-12,16-17,20-22H2,1-7H3,(H,31,34)(H,32,36). The van der Waals surface area contributed by atoms with Crippen LogP contribution in [0, 0.1) is 0 Å². The first-order valence-corrected chi connectivity index (χ1v) is 15.6.